The number of nitrogens with zero attached hydrogens (tertiary/aromatic N) is 1. The Bertz CT molecular complexity index is 1160. The van der Waals surface area contributed by atoms with Gasteiger partial charge >= 0.3 is 0 Å². The highest BCUT2D eigenvalue weighted by Gasteiger charge is 2.54. The lowest BCUT2D eigenvalue weighted by Crippen LogP contribution is -2.55. The molecule has 2 aromatic carbocycles. The van der Waals surface area contributed by atoms with Crippen LogP contribution >= 0.6 is 23.4 Å². The van der Waals surface area contributed by atoms with Crippen LogP contribution in [0.15, 0.2) is 41.4 Å². The number of rotatable bonds is 2. The van der Waals surface area contributed by atoms with Gasteiger partial charge in [-0.1, -0.05) is 50.2 Å². The number of benzene rings is 2. The van der Waals surface area contributed by atoms with Crippen LogP contribution in [0.5, 0.6) is 5.75 Å². The number of nitrogens with two attached hydrogens (primary N) is 1. The van der Waals surface area contributed by atoms with Crippen molar-refractivity contribution >= 4 is 34.4 Å². The van der Waals surface area contributed by atoms with E-state index in [2.05, 4.69) is 5.32 Å². The average molecular weight is 502 g/mol. The molecule has 8 heteroatoms. The van der Waals surface area contributed by atoms with Gasteiger partial charge in [-0.3, -0.25) is 4.79 Å². The van der Waals surface area contributed by atoms with Crippen LogP contribution in [0.3, 0.4) is 0 Å². The smallest absolute Gasteiger partial charge is 0.225 e. The maximum Gasteiger partial charge on any atom is 0.225 e. The van der Waals surface area contributed by atoms with Gasteiger partial charge in [0.2, 0.25) is 5.91 Å². The normalized spacial score (nSPS) is 28.0. The molecule has 3 aliphatic rings. The molecule has 0 aromatic heterocycles. The van der Waals surface area contributed by atoms with Crippen LogP contribution in [0.25, 0.3) is 11.1 Å². The lowest BCUT2D eigenvalue weighted by Gasteiger charge is -2.49. The molecule has 3 N–H and O–H groups in total. The van der Waals surface area contributed by atoms with E-state index in [1.807, 2.05) is 39.0 Å². The topological polar surface area (TPSA) is 76.7 Å². The van der Waals surface area contributed by atoms with Crippen LogP contribution in [-0.4, -0.2) is 29.0 Å². The molecule has 1 fully saturated rings. The minimum absolute atomic E-state index is 0.00000273. The number of halogens is 2. The van der Waals surface area contributed by atoms with Crippen LogP contribution < -0.4 is 15.8 Å². The van der Waals surface area contributed by atoms with Crippen LogP contribution in [0.1, 0.15) is 45.6 Å². The fourth-order valence-electron chi connectivity index (χ4n) is 5.33. The van der Waals surface area contributed by atoms with E-state index in [4.69, 9.17) is 27.1 Å². The second-order valence-corrected chi connectivity index (χ2v) is 12.0. The lowest BCUT2D eigenvalue weighted by molar-refractivity contribution is -0.130. The number of aliphatic imine (C=N–C) groups is 1. The van der Waals surface area contributed by atoms with Gasteiger partial charge in [-0.25, -0.2) is 9.38 Å². The molecule has 4 atom stereocenters. The molecule has 5 nitrogen and oxygen atoms in total. The van der Waals surface area contributed by atoms with Gasteiger partial charge < -0.3 is 15.8 Å². The minimum Gasteiger partial charge on any atom is -0.490 e. The second kappa shape index (κ2) is 8.45. The number of carbonyl (C=O) groups is 1. The Labute approximate surface area is 208 Å². The van der Waals surface area contributed by atoms with Crippen LogP contribution in [0.2, 0.25) is 5.02 Å². The molecule has 0 bridgehead atoms. The third kappa shape index (κ3) is 4.17. The molecule has 34 heavy (non-hydrogen) atoms. The summed E-state index contributed by atoms with van der Waals surface area (Å²) < 4.78 is 20.5. The van der Waals surface area contributed by atoms with Crippen molar-refractivity contribution in [3.05, 3.63) is 52.8 Å². The molecule has 1 saturated carbocycles. The molecule has 0 radical (unpaired) electrons. The van der Waals surface area contributed by atoms with E-state index < -0.39 is 11.0 Å². The van der Waals surface area contributed by atoms with Gasteiger partial charge in [0.25, 0.3) is 0 Å². The number of carbonyl (C=O) groups excluding carboxylic acids is 1. The highest BCUT2D eigenvalue weighted by atomic mass is 35.5. The standard InChI is InChI=1S/C26H29ClFN3O2S/c1-25(2,3)23(32)30-18-5-7-22-20(12-18)26(13-34-24(29)31-26)19-10-14(4-6-21(19)33-22)15-8-16(27)11-17(28)9-15/h4,6,8-11,18,20,22H,5,7,12-13H2,1-3H3,(H2,29,31)(H,30,32)/t18-,20?,22-,26?/m0/s1. The molecule has 2 heterocycles. The first-order chi connectivity index (χ1) is 16.0. The summed E-state index contributed by atoms with van der Waals surface area (Å²) in [6.45, 7) is 5.77. The third-order valence-electron chi connectivity index (χ3n) is 7.09. The second-order valence-electron chi connectivity index (χ2n) is 10.5. The first-order valence-electron chi connectivity index (χ1n) is 11.6. The number of hydrogen-bond acceptors (Lipinski definition) is 5. The Balaban J connectivity index is 1.54. The van der Waals surface area contributed by atoms with Gasteiger partial charge in [-0.15, -0.1) is 0 Å². The molecule has 180 valence electrons. The summed E-state index contributed by atoms with van der Waals surface area (Å²) in [4.78, 5) is 17.7. The highest BCUT2D eigenvalue weighted by Crippen LogP contribution is 2.55. The summed E-state index contributed by atoms with van der Waals surface area (Å²) in [5.41, 5.74) is 7.73. The molecule has 2 aliphatic heterocycles. The van der Waals surface area contributed by atoms with E-state index in [1.165, 1.54) is 12.1 Å². The van der Waals surface area contributed by atoms with E-state index in [1.54, 1.807) is 17.8 Å². The predicted octanol–water partition coefficient (Wildman–Crippen LogP) is 5.49. The average Bonchev–Trinajstić information content (AvgIpc) is 3.15. The fourth-order valence-corrected chi connectivity index (χ4v) is 6.58. The molecule has 2 aromatic rings. The van der Waals surface area contributed by atoms with Crippen molar-refractivity contribution in [3.8, 4) is 16.9 Å². The number of thioether (sulfide) groups is 1. The first-order valence-corrected chi connectivity index (χ1v) is 13.0. The van der Waals surface area contributed by atoms with Crippen LogP contribution in [0, 0.1) is 17.2 Å². The number of amidine groups is 1. The van der Waals surface area contributed by atoms with Gasteiger partial charge in [0, 0.05) is 33.7 Å². The summed E-state index contributed by atoms with van der Waals surface area (Å²) in [7, 11) is 0. The Morgan fingerprint density at radius 1 is 1.24 bits per heavy atom. The number of amides is 1. The van der Waals surface area contributed by atoms with E-state index in [0.29, 0.717) is 21.5 Å². The van der Waals surface area contributed by atoms with Crippen LogP contribution in [0.4, 0.5) is 4.39 Å². The van der Waals surface area contributed by atoms with Gasteiger partial charge in [-0.2, -0.15) is 0 Å². The van der Waals surface area contributed by atoms with Crippen molar-refractivity contribution in [3.63, 3.8) is 0 Å². The highest BCUT2D eigenvalue weighted by molar-refractivity contribution is 8.14. The Morgan fingerprint density at radius 3 is 2.71 bits per heavy atom. The number of hydrogen-bond donors (Lipinski definition) is 2. The predicted molar refractivity (Wildman–Crippen MR) is 136 cm³/mol. The number of nitrogens with one attached hydrogen (secondary N) is 1. The van der Waals surface area contributed by atoms with Crippen molar-refractivity contribution in [2.75, 3.05) is 5.75 Å². The molecule has 2 unspecified atom stereocenters. The van der Waals surface area contributed by atoms with Crippen molar-refractivity contribution < 1.29 is 13.9 Å². The van der Waals surface area contributed by atoms with Crippen molar-refractivity contribution in [2.24, 2.45) is 22.1 Å². The fraction of sp³-hybridized carbons (Fsp3) is 0.462. The molecule has 0 saturated heterocycles. The minimum atomic E-state index is -0.550. The summed E-state index contributed by atoms with van der Waals surface area (Å²) in [6, 6.07) is 10.5. The number of ether oxygens (including phenoxy) is 1. The summed E-state index contributed by atoms with van der Waals surface area (Å²) in [5, 5.41) is 4.16. The van der Waals surface area contributed by atoms with Gasteiger partial charge in [-0.05, 0) is 60.7 Å². The molecular weight excluding hydrogens is 473 g/mol. The Morgan fingerprint density at radius 2 is 2.03 bits per heavy atom. The zero-order chi connectivity index (χ0) is 24.3. The summed E-state index contributed by atoms with van der Waals surface area (Å²) in [6.07, 6.45) is 2.46. The maximum absolute atomic E-state index is 14.1. The van der Waals surface area contributed by atoms with Crippen molar-refractivity contribution in [1.29, 1.82) is 0 Å². The van der Waals surface area contributed by atoms with E-state index in [0.717, 1.165) is 36.1 Å². The van der Waals surface area contributed by atoms with E-state index in [9.17, 15) is 9.18 Å². The zero-order valence-electron chi connectivity index (χ0n) is 19.5. The van der Waals surface area contributed by atoms with Gasteiger partial charge in [0.15, 0.2) is 5.17 Å². The molecule has 5 rings (SSSR count). The van der Waals surface area contributed by atoms with Crippen molar-refractivity contribution in [1.82, 2.24) is 5.32 Å². The molecule has 1 aliphatic carbocycles. The van der Waals surface area contributed by atoms with Gasteiger partial charge in [0.05, 0.1) is 0 Å². The Kier molecular flexibility index (Phi) is 5.84. The Hall–Kier alpha value is -2.25. The summed E-state index contributed by atoms with van der Waals surface area (Å²) in [5.74, 6) is 1.25. The molecule has 1 amide bonds. The van der Waals surface area contributed by atoms with Gasteiger partial charge in [0.1, 0.15) is 23.2 Å². The lowest BCUT2D eigenvalue weighted by atomic mass is 9.67. The SMILES string of the molecule is CC(C)(C)C(=O)N[C@H]1CC[C@@H]2Oc3ccc(-c4cc(F)cc(Cl)c4)cc3C3(CSC(N)=N3)C2C1. The van der Waals surface area contributed by atoms with Crippen LogP contribution in [-0.2, 0) is 10.3 Å². The first kappa shape index (κ1) is 23.5. The molecule has 1 spiro atoms. The van der Waals surface area contributed by atoms with Crippen molar-refractivity contribution in [2.45, 2.75) is 57.7 Å². The summed E-state index contributed by atoms with van der Waals surface area (Å²) >= 11 is 7.67. The number of fused-ring (bicyclic) bond motifs is 4. The zero-order valence-corrected chi connectivity index (χ0v) is 21.1. The maximum atomic E-state index is 14.1. The quantitative estimate of drug-likeness (QED) is 0.570. The monoisotopic (exact) mass is 501 g/mol. The van der Waals surface area contributed by atoms with E-state index >= 15 is 0 Å². The molecular formula is C26H29ClFN3O2S. The van der Waals surface area contributed by atoms with E-state index in [-0.39, 0.29) is 29.8 Å². The largest absolute Gasteiger partial charge is 0.490 e. The third-order valence-corrected chi connectivity index (χ3v) is 8.28.